The second kappa shape index (κ2) is 7.86. The first kappa shape index (κ1) is 18.4. The van der Waals surface area contributed by atoms with Gasteiger partial charge in [0, 0.05) is 6.10 Å². The molecular weight excluding hydrogens is 322 g/mol. The van der Waals surface area contributed by atoms with Gasteiger partial charge in [0.05, 0.1) is 0 Å². The molecule has 0 bridgehead atoms. The molecular formula is C22H31NOSi. The van der Waals surface area contributed by atoms with Crippen LogP contribution < -0.4 is 15.7 Å². The molecule has 2 aromatic rings. The molecule has 25 heavy (non-hydrogen) atoms. The fourth-order valence-corrected chi connectivity index (χ4v) is 8.80. The lowest BCUT2D eigenvalue weighted by atomic mass is 10.2. The first-order valence-corrected chi connectivity index (χ1v) is 11.4. The Morgan fingerprint density at radius 1 is 0.840 bits per heavy atom. The molecule has 1 fully saturated rings. The van der Waals surface area contributed by atoms with E-state index in [4.69, 9.17) is 4.43 Å². The third kappa shape index (κ3) is 3.89. The summed E-state index contributed by atoms with van der Waals surface area (Å²) < 4.78 is 7.19. The zero-order valence-corrected chi connectivity index (χ0v) is 16.8. The van der Waals surface area contributed by atoms with Crippen molar-refractivity contribution in [1.29, 1.82) is 0 Å². The van der Waals surface area contributed by atoms with Gasteiger partial charge in [-0.25, -0.2) is 0 Å². The van der Waals surface area contributed by atoms with Crippen LogP contribution in [0.15, 0.2) is 60.7 Å². The molecule has 0 spiro atoms. The molecule has 0 amide bonds. The number of rotatable bonds is 4. The smallest absolute Gasteiger partial charge is 0.261 e. The Kier molecular flexibility index (Phi) is 5.77. The van der Waals surface area contributed by atoms with Crippen molar-refractivity contribution < 1.29 is 4.43 Å². The van der Waals surface area contributed by atoms with Crippen molar-refractivity contribution in [2.24, 2.45) is 0 Å². The molecule has 1 N–H and O–H groups in total. The second-order valence-corrected chi connectivity index (χ2v) is 12.3. The fraction of sp³-hybridized carbons (Fsp3) is 0.455. The fourth-order valence-electron chi connectivity index (χ4n) is 4.05. The van der Waals surface area contributed by atoms with Gasteiger partial charge in [-0.2, -0.15) is 0 Å². The average molecular weight is 354 g/mol. The quantitative estimate of drug-likeness (QED) is 0.846. The van der Waals surface area contributed by atoms with E-state index in [9.17, 15) is 0 Å². The minimum Gasteiger partial charge on any atom is -0.404 e. The zero-order chi connectivity index (χ0) is 17.8. The maximum atomic E-state index is 7.19. The number of hydrogen-bond acceptors (Lipinski definition) is 2. The van der Waals surface area contributed by atoms with Gasteiger partial charge in [0.1, 0.15) is 0 Å². The molecule has 0 radical (unpaired) electrons. The van der Waals surface area contributed by atoms with Gasteiger partial charge < -0.3 is 9.74 Å². The van der Waals surface area contributed by atoms with Crippen molar-refractivity contribution in [2.45, 2.75) is 51.2 Å². The van der Waals surface area contributed by atoms with E-state index in [0.29, 0.717) is 6.10 Å². The van der Waals surface area contributed by atoms with Gasteiger partial charge in [-0.05, 0) is 47.8 Å². The lowest BCUT2D eigenvalue weighted by Gasteiger charge is -2.45. The lowest BCUT2D eigenvalue weighted by Crippen LogP contribution is -2.67. The molecule has 1 aliphatic rings. The molecule has 1 saturated heterocycles. The van der Waals surface area contributed by atoms with Crippen LogP contribution in [0, 0.1) is 0 Å². The Balaban J connectivity index is 2.11. The molecule has 1 heterocycles. The van der Waals surface area contributed by atoms with Crippen molar-refractivity contribution in [1.82, 2.24) is 5.32 Å². The summed E-state index contributed by atoms with van der Waals surface area (Å²) in [7, 11) is -2.39. The Labute approximate surface area is 153 Å². The van der Waals surface area contributed by atoms with Crippen LogP contribution in [0.3, 0.4) is 0 Å². The summed E-state index contributed by atoms with van der Waals surface area (Å²) in [6.07, 6.45) is 3.78. The van der Waals surface area contributed by atoms with E-state index in [-0.39, 0.29) is 5.04 Å². The van der Waals surface area contributed by atoms with Crippen LogP contribution in [-0.2, 0) is 4.43 Å². The molecule has 0 aromatic heterocycles. The third-order valence-electron chi connectivity index (χ3n) is 5.28. The molecule has 2 aromatic carbocycles. The summed E-state index contributed by atoms with van der Waals surface area (Å²) in [5.74, 6) is 0. The molecule has 3 rings (SSSR count). The van der Waals surface area contributed by atoms with E-state index >= 15 is 0 Å². The van der Waals surface area contributed by atoms with E-state index < -0.39 is 8.32 Å². The molecule has 134 valence electrons. The minimum atomic E-state index is -2.39. The first-order chi connectivity index (χ1) is 12.0. The van der Waals surface area contributed by atoms with Crippen LogP contribution in [-0.4, -0.2) is 27.5 Å². The van der Waals surface area contributed by atoms with Crippen LogP contribution in [0.5, 0.6) is 0 Å². The normalized spacial score (nSPS) is 19.4. The van der Waals surface area contributed by atoms with E-state index in [1.54, 1.807) is 0 Å². The topological polar surface area (TPSA) is 21.3 Å². The van der Waals surface area contributed by atoms with Gasteiger partial charge in [0.25, 0.3) is 8.32 Å². The molecule has 1 aliphatic heterocycles. The SMILES string of the molecule is CC(C)(C)[Si](OC1CCCNCC1)(c1ccccc1)c1ccccc1. The predicted octanol–water partition coefficient (Wildman–Crippen LogP) is 3.71. The molecule has 3 heteroatoms. The first-order valence-electron chi connectivity index (χ1n) is 9.53. The number of hydrogen-bond donors (Lipinski definition) is 1. The Morgan fingerprint density at radius 3 is 1.92 bits per heavy atom. The van der Waals surface area contributed by atoms with Gasteiger partial charge in [-0.15, -0.1) is 0 Å². The van der Waals surface area contributed by atoms with Crippen LogP contribution in [0.4, 0.5) is 0 Å². The Morgan fingerprint density at radius 2 is 1.40 bits per heavy atom. The third-order valence-corrected chi connectivity index (χ3v) is 10.4. The van der Waals surface area contributed by atoms with Crippen molar-refractivity contribution in [3.8, 4) is 0 Å². The predicted molar refractivity (Wildman–Crippen MR) is 109 cm³/mol. The molecule has 0 aliphatic carbocycles. The van der Waals surface area contributed by atoms with E-state index in [0.717, 1.165) is 25.9 Å². The van der Waals surface area contributed by atoms with Crippen LogP contribution in [0.1, 0.15) is 40.0 Å². The number of nitrogens with one attached hydrogen (secondary N) is 1. The Bertz CT molecular complexity index is 603. The molecule has 1 atom stereocenters. The van der Waals surface area contributed by atoms with Gasteiger partial charge >= 0.3 is 0 Å². The maximum absolute atomic E-state index is 7.19. The molecule has 0 saturated carbocycles. The maximum Gasteiger partial charge on any atom is 0.261 e. The van der Waals surface area contributed by atoms with Crippen LogP contribution >= 0.6 is 0 Å². The highest BCUT2D eigenvalue weighted by Gasteiger charge is 2.51. The second-order valence-electron chi connectivity index (χ2n) is 8.08. The summed E-state index contributed by atoms with van der Waals surface area (Å²) in [5, 5.41) is 6.34. The monoisotopic (exact) mass is 353 g/mol. The minimum absolute atomic E-state index is 0.0649. The van der Waals surface area contributed by atoms with Crippen molar-refractivity contribution >= 4 is 18.7 Å². The van der Waals surface area contributed by atoms with E-state index in [1.165, 1.54) is 16.8 Å². The highest BCUT2D eigenvalue weighted by Crippen LogP contribution is 2.38. The average Bonchev–Trinajstić information content (AvgIpc) is 2.89. The van der Waals surface area contributed by atoms with Gasteiger partial charge in [0.2, 0.25) is 0 Å². The van der Waals surface area contributed by atoms with Crippen LogP contribution in [0.25, 0.3) is 0 Å². The summed E-state index contributed by atoms with van der Waals surface area (Å²) in [4.78, 5) is 0. The van der Waals surface area contributed by atoms with Gasteiger partial charge in [-0.1, -0.05) is 81.4 Å². The Hall–Kier alpha value is -1.42. The molecule has 2 nitrogen and oxygen atoms in total. The standard InChI is InChI=1S/C22H31NOSi/c1-22(2,3)25(20-12-6-4-7-13-20,21-14-8-5-9-15-21)24-19-11-10-17-23-18-16-19/h4-9,12-15,19,23H,10-11,16-18H2,1-3H3. The zero-order valence-electron chi connectivity index (χ0n) is 15.8. The summed E-state index contributed by atoms with van der Waals surface area (Å²) in [6.45, 7) is 9.24. The van der Waals surface area contributed by atoms with Crippen molar-refractivity contribution in [3.05, 3.63) is 60.7 Å². The van der Waals surface area contributed by atoms with E-state index in [2.05, 4.69) is 86.8 Å². The van der Waals surface area contributed by atoms with Crippen molar-refractivity contribution in [2.75, 3.05) is 13.1 Å². The highest BCUT2D eigenvalue weighted by molar-refractivity contribution is 6.99. The largest absolute Gasteiger partial charge is 0.404 e. The van der Waals surface area contributed by atoms with Gasteiger partial charge in [0.15, 0.2) is 0 Å². The van der Waals surface area contributed by atoms with Gasteiger partial charge in [-0.3, -0.25) is 0 Å². The van der Waals surface area contributed by atoms with Crippen molar-refractivity contribution in [3.63, 3.8) is 0 Å². The molecule has 1 unspecified atom stereocenters. The number of benzene rings is 2. The van der Waals surface area contributed by atoms with Crippen LogP contribution in [0.2, 0.25) is 5.04 Å². The summed E-state index contributed by atoms with van der Waals surface area (Å²) >= 11 is 0. The highest BCUT2D eigenvalue weighted by atomic mass is 28.4. The van der Waals surface area contributed by atoms with E-state index in [1.807, 2.05) is 0 Å². The lowest BCUT2D eigenvalue weighted by molar-refractivity contribution is 0.174. The summed E-state index contributed by atoms with van der Waals surface area (Å²) in [6, 6.07) is 21.9. The summed E-state index contributed by atoms with van der Waals surface area (Å²) in [5.41, 5.74) is 0.